The Balaban J connectivity index is 1.56. The fourth-order valence-electron chi connectivity index (χ4n) is 2.48. The molecule has 0 saturated carbocycles. The van der Waals surface area contributed by atoms with Crippen LogP contribution in [-0.2, 0) is 4.79 Å². The van der Waals surface area contributed by atoms with Crippen LogP contribution in [0.2, 0.25) is 0 Å². The molecule has 3 aromatic carbocycles. The van der Waals surface area contributed by atoms with Gasteiger partial charge in [-0.25, -0.2) is 4.79 Å². The molecule has 0 unspecified atom stereocenters. The third kappa shape index (κ3) is 5.05. The summed E-state index contributed by atoms with van der Waals surface area (Å²) in [5, 5.41) is 0. The third-order valence-corrected chi connectivity index (χ3v) is 4.04. The highest BCUT2D eigenvalue weighted by atomic mass is 16.6. The number of hydrogen-bond acceptors (Lipinski definition) is 4. The summed E-state index contributed by atoms with van der Waals surface area (Å²) >= 11 is 0. The average molecular weight is 360 g/mol. The van der Waals surface area contributed by atoms with Gasteiger partial charge in [0.1, 0.15) is 11.5 Å². The lowest BCUT2D eigenvalue weighted by Gasteiger charge is -2.08. The van der Waals surface area contributed by atoms with Crippen LogP contribution in [0.5, 0.6) is 11.5 Å². The van der Waals surface area contributed by atoms with Crippen molar-refractivity contribution >= 4 is 11.8 Å². The summed E-state index contributed by atoms with van der Waals surface area (Å²) in [5.74, 6) is 0.397. The molecule has 4 nitrogen and oxygen atoms in total. The molecule has 4 heteroatoms. The first kappa shape index (κ1) is 18.4. The highest BCUT2D eigenvalue weighted by Crippen LogP contribution is 2.17. The van der Waals surface area contributed by atoms with Crippen molar-refractivity contribution in [3.63, 3.8) is 0 Å². The smallest absolute Gasteiger partial charge is 0.349 e. The van der Waals surface area contributed by atoms with E-state index in [9.17, 15) is 9.59 Å². The largest absolute Gasteiger partial charge is 0.482 e. The van der Waals surface area contributed by atoms with Crippen LogP contribution in [-0.4, -0.2) is 18.4 Å². The Hall–Kier alpha value is -3.40. The highest BCUT2D eigenvalue weighted by molar-refractivity contribution is 6.09. The van der Waals surface area contributed by atoms with E-state index in [1.807, 2.05) is 38.1 Å². The van der Waals surface area contributed by atoms with E-state index in [0.29, 0.717) is 22.6 Å². The van der Waals surface area contributed by atoms with Crippen molar-refractivity contribution in [3.05, 3.63) is 95.1 Å². The zero-order chi connectivity index (χ0) is 19.2. The van der Waals surface area contributed by atoms with Crippen molar-refractivity contribution in [1.29, 1.82) is 0 Å². The molecule has 0 aliphatic heterocycles. The summed E-state index contributed by atoms with van der Waals surface area (Å²) in [5.41, 5.74) is 3.37. The molecule has 27 heavy (non-hydrogen) atoms. The van der Waals surface area contributed by atoms with Crippen LogP contribution in [0.3, 0.4) is 0 Å². The minimum atomic E-state index is -0.506. The van der Waals surface area contributed by atoms with Crippen LogP contribution >= 0.6 is 0 Å². The first-order valence-corrected chi connectivity index (χ1v) is 8.63. The number of esters is 1. The molecule has 0 aliphatic carbocycles. The van der Waals surface area contributed by atoms with E-state index in [0.717, 1.165) is 11.1 Å². The lowest BCUT2D eigenvalue weighted by molar-refractivity contribution is -0.136. The van der Waals surface area contributed by atoms with E-state index in [1.165, 1.54) is 0 Å². The van der Waals surface area contributed by atoms with Crippen molar-refractivity contribution in [3.8, 4) is 11.5 Å². The first-order valence-electron chi connectivity index (χ1n) is 8.63. The fraction of sp³-hybridized carbons (Fsp3) is 0.130. The molecule has 0 aliphatic rings. The lowest BCUT2D eigenvalue weighted by atomic mass is 10.0. The molecule has 0 saturated heterocycles. The summed E-state index contributed by atoms with van der Waals surface area (Å²) in [6.45, 7) is 3.76. The van der Waals surface area contributed by atoms with Crippen molar-refractivity contribution in [1.82, 2.24) is 0 Å². The van der Waals surface area contributed by atoms with Crippen molar-refractivity contribution in [2.24, 2.45) is 0 Å². The molecule has 3 aromatic rings. The van der Waals surface area contributed by atoms with Gasteiger partial charge in [0.25, 0.3) is 0 Å². The van der Waals surface area contributed by atoms with E-state index in [-0.39, 0.29) is 12.4 Å². The van der Waals surface area contributed by atoms with E-state index in [2.05, 4.69) is 0 Å². The van der Waals surface area contributed by atoms with E-state index < -0.39 is 5.97 Å². The Labute approximate surface area is 158 Å². The first-order chi connectivity index (χ1) is 13.0. The summed E-state index contributed by atoms with van der Waals surface area (Å²) in [6.07, 6.45) is 0. The predicted molar refractivity (Wildman–Crippen MR) is 103 cm³/mol. The number of rotatable bonds is 6. The van der Waals surface area contributed by atoms with E-state index in [4.69, 9.17) is 9.47 Å². The summed E-state index contributed by atoms with van der Waals surface area (Å²) < 4.78 is 10.6. The average Bonchev–Trinajstić information content (AvgIpc) is 2.68. The van der Waals surface area contributed by atoms with Crippen molar-refractivity contribution in [2.75, 3.05) is 6.61 Å². The normalized spacial score (nSPS) is 10.3. The van der Waals surface area contributed by atoms with Gasteiger partial charge in [0.2, 0.25) is 0 Å². The molecule has 0 aromatic heterocycles. The molecule has 136 valence electrons. The Kier molecular flexibility index (Phi) is 5.67. The number of benzene rings is 3. The molecule has 0 heterocycles. The molecule has 0 radical (unpaired) electrons. The minimum Gasteiger partial charge on any atom is -0.482 e. The zero-order valence-corrected chi connectivity index (χ0v) is 15.3. The van der Waals surface area contributed by atoms with Gasteiger partial charge in [0, 0.05) is 11.1 Å². The summed E-state index contributed by atoms with van der Waals surface area (Å²) in [4.78, 5) is 24.4. The Morgan fingerprint density at radius 1 is 0.667 bits per heavy atom. The lowest BCUT2D eigenvalue weighted by Crippen LogP contribution is -2.17. The maximum Gasteiger partial charge on any atom is 0.349 e. The quantitative estimate of drug-likeness (QED) is 0.368. The number of hydrogen-bond donors (Lipinski definition) is 0. The van der Waals surface area contributed by atoms with Gasteiger partial charge >= 0.3 is 5.97 Å². The molecule has 0 spiro atoms. The van der Waals surface area contributed by atoms with Crippen LogP contribution in [0.25, 0.3) is 0 Å². The zero-order valence-electron chi connectivity index (χ0n) is 15.3. The number of carbonyl (C=O) groups excluding carboxylic acids is 2. The van der Waals surface area contributed by atoms with Crippen LogP contribution < -0.4 is 9.47 Å². The molecule has 0 bridgehead atoms. The SMILES string of the molecule is Cc1ccc(OCC(=O)Oc2ccc(C(=O)c3ccc(C)cc3)cc2)cc1. The minimum absolute atomic E-state index is 0.0735. The number of ketones is 1. The molecular formula is C23H20O4. The molecular weight excluding hydrogens is 340 g/mol. The molecule has 0 atom stereocenters. The monoisotopic (exact) mass is 360 g/mol. The highest BCUT2D eigenvalue weighted by Gasteiger charge is 2.10. The number of carbonyl (C=O) groups is 2. The van der Waals surface area contributed by atoms with Crippen LogP contribution in [0, 0.1) is 13.8 Å². The Morgan fingerprint density at radius 2 is 1.11 bits per heavy atom. The summed E-state index contributed by atoms with van der Waals surface area (Å²) in [7, 11) is 0. The van der Waals surface area contributed by atoms with Gasteiger partial charge in [-0.1, -0.05) is 47.5 Å². The fourth-order valence-corrected chi connectivity index (χ4v) is 2.48. The van der Waals surface area contributed by atoms with Gasteiger partial charge in [0.05, 0.1) is 0 Å². The summed E-state index contributed by atoms with van der Waals surface area (Å²) in [6, 6.07) is 21.3. The predicted octanol–water partition coefficient (Wildman–Crippen LogP) is 4.52. The topological polar surface area (TPSA) is 52.6 Å². The van der Waals surface area contributed by atoms with Crippen molar-refractivity contribution in [2.45, 2.75) is 13.8 Å². The van der Waals surface area contributed by atoms with Gasteiger partial charge in [-0.15, -0.1) is 0 Å². The van der Waals surface area contributed by atoms with E-state index >= 15 is 0 Å². The van der Waals surface area contributed by atoms with Gasteiger partial charge in [-0.2, -0.15) is 0 Å². The Bertz CT molecular complexity index is 924. The second-order valence-electron chi connectivity index (χ2n) is 6.30. The standard InChI is InChI=1S/C23H20O4/c1-16-3-7-18(8-4-16)23(25)19-9-13-21(14-10-19)27-22(24)15-26-20-11-5-17(2)6-12-20/h3-14H,15H2,1-2H3. The molecule has 0 fully saturated rings. The molecule has 0 N–H and O–H groups in total. The van der Waals surface area contributed by atoms with Gasteiger partial charge in [-0.05, 0) is 50.2 Å². The Morgan fingerprint density at radius 3 is 1.67 bits per heavy atom. The van der Waals surface area contributed by atoms with Crippen LogP contribution in [0.4, 0.5) is 0 Å². The maximum absolute atomic E-state index is 12.4. The van der Waals surface area contributed by atoms with Crippen LogP contribution in [0.1, 0.15) is 27.0 Å². The second kappa shape index (κ2) is 8.32. The van der Waals surface area contributed by atoms with Gasteiger partial charge in [0.15, 0.2) is 12.4 Å². The third-order valence-electron chi connectivity index (χ3n) is 4.04. The van der Waals surface area contributed by atoms with E-state index in [1.54, 1.807) is 48.5 Å². The maximum atomic E-state index is 12.4. The van der Waals surface area contributed by atoms with Crippen molar-refractivity contribution < 1.29 is 19.1 Å². The van der Waals surface area contributed by atoms with Crippen LogP contribution in [0.15, 0.2) is 72.8 Å². The van der Waals surface area contributed by atoms with Gasteiger partial charge < -0.3 is 9.47 Å². The molecule has 3 rings (SSSR count). The number of aryl methyl sites for hydroxylation is 2. The van der Waals surface area contributed by atoms with Gasteiger partial charge in [-0.3, -0.25) is 4.79 Å². The number of ether oxygens (including phenoxy) is 2. The molecule has 0 amide bonds. The second-order valence-corrected chi connectivity index (χ2v) is 6.30.